The topological polar surface area (TPSA) is 0 Å². The van der Waals surface area contributed by atoms with Crippen molar-refractivity contribution in [3.8, 4) is 0 Å². The van der Waals surface area contributed by atoms with Gasteiger partial charge in [-0.2, -0.15) is 12.6 Å². The van der Waals surface area contributed by atoms with Gasteiger partial charge in [-0.05, 0) is 25.0 Å². The molecule has 0 aliphatic heterocycles. The van der Waals surface area contributed by atoms with Crippen LogP contribution >= 0.6 is 12.6 Å². The molecule has 0 nitrogen and oxygen atoms in total. The molecule has 0 aliphatic carbocycles. The van der Waals surface area contributed by atoms with Crippen molar-refractivity contribution in [1.29, 1.82) is 0 Å². The highest BCUT2D eigenvalue weighted by molar-refractivity contribution is 7.80. The molecular weight excluding hydrogens is 128 g/mol. The average Bonchev–Trinajstić information content (AvgIpc) is 1.85. The highest BCUT2D eigenvalue weighted by Gasteiger charge is 1.90. The summed E-state index contributed by atoms with van der Waals surface area (Å²) < 4.78 is 0. The zero-order valence-corrected chi connectivity index (χ0v) is 7.08. The number of unbranched alkanes of at least 4 members (excludes halogenated alkanes) is 1. The molecule has 9 heavy (non-hydrogen) atoms. The van der Waals surface area contributed by atoms with Crippen LogP contribution in [0, 0.1) is 0 Å². The number of hydrogen-bond acceptors (Lipinski definition) is 1. The third-order valence-electron chi connectivity index (χ3n) is 1.35. The maximum Gasteiger partial charge on any atom is -0.00607 e. The number of allylic oxidation sites excluding steroid dienone is 1. The van der Waals surface area contributed by atoms with Crippen LogP contribution < -0.4 is 0 Å². The molecule has 0 amide bonds. The summed E-state index contributed by atoms with van der Waals surface area (Å²) in [7, 11) is 0. The predicted molar refractivity (Wildman–Crippen MR) is 47.1 cm³/mol. The van der Waals surface area contributed by atoms with E-state index in [-0.39, 0.29) is 0 Å². The van der Waals surface area contributed by atoms with E-state index in [0.717, 1.165) is 12.2 Å². The molecule has 0 saturated heterocycles. The van der Waals surface area contributed by atoms with Gasteiger partial charge in [0, 0.05) is 0 Å². The van der Waals surface area contributed by atoms with E-state index < -0.39 is 0 Å². The van der Waals surface area contributed by atoms with Crippen molar-refractivity contribution in [2.24, 2.45) is 0 Å². The lowest BCUT2D eigenvalue weighted by Crippen LogP contribution is -1.82. The van der Waals surface area contributed by atoms with Crippen LogP contribution in [0.2, 0.25) is 0 Å². The van der Waals surface area contributed by atoms with Gasteiger partial charge in [-0.1, -0.05) is 25.5 Å². The molecular formula is C8H16S. The lowest BCUT2D eigenvalue weighted by atomic mass is 10.1. The van der Waals surface area contributed by atoms with E-state index in [2.05, 4.69) is 26.1 Å². The Labute approximate surface area is 63.8 Å². The van der Waals surface area contributed by atoms with Crippen molar-refractivity contribution >= 4 is 12.6 Å². The monoisotopic (exact) mass is 144 g/mol. The first kappa shape index (κ1) is 9.09. The Hall–Kier alpha value is 0.0900. The first-order valence-corrected chi connectivity index (χ1v) is 4.22. The van der Waals surface area contributed by atoms with Crippen LogP contribution in [0.1, 0.15) is 32.6 Å². The van der Waals surface area contributed by atoms with Gasteiger partial charge in [-0.3, -0.25) is 0 Å². The molecule has 0 aromatic carbocycles. The van der Waals surface area contributed by atoms with E-state index in [0.29, 0.717) is 0 Å². The Bertz CT molecular complexity index is 76.6. The zero-order valence-electron chi connectivity index (χ0n) is 6.19. The molecule has 0 rings (SSSR count). The van der Waals surface area contributed by atoms with Crippen LogP contribution in [-0.4, -0.2) is 5.75 Å². The SMILES string of the molecule is C=C(CCS)CCCC. The Morgan fingerprint density at radius 2 is 2.11 bits per heavy atom. The van der Waals surface area contributed by atoms with E-state index in [1.165, 1.54) is 24.8 Å². The molecule has 0 fully saturated rings. The number of thiol groups is 1. The third-order valence-corrected chi connectivity index (χ3v) is 1.57. The van der Waals surface area contributed by atoms with E-state index in [1.807, 2.05) is 0 Å². The zero-order chi connectivity index (χ0) is 7.11. The molecule has 0 atom stereocenters. The van der Waals surface area contributed by atoms with Crippen molar-refractivity contribution in [3.63, 3.8) is 0 Å². The average molecular weight is 144 g/mol. The molecule has 0 aromatic heterocycles. The summed E-state index contributed by atoms with van der Waals surface area (Å²) in [5, 5.41) is 0. The van der Waals surface area contributed by atoms with Gasteiger partial charge in [0.1, 0.15) is 0 Å². The molecule has 0 aromatic rings. The van der Waals surface area contributed by atoms with Gasteiger partial charge < -0.3 is 0 Å². The van der Waals surface area contributed by atoms with Gasteiger partial charge in [-0.25, -0.2) is 0 Å². The van der Waals surface area contributed by atoms with Crippen molar-refractivity contribution in [1.82, 2.24) is 0 Å². The molecule has 1 heteroatoms. The van der Waals surface area contributed by atoms with Gasteiger partial charge in [0.2, 0.25) is 0 Å². The lowest BCUT2D eigenvalue weighted by Gasteiger charge is -1.99. The molecule has 0 bridgehead atoms. The summed E-state index contributed by atoms with van der Waals surface area (Å²) in [6.07, 6.45) is 4.83. The van der Waals surface area contributed by atoms with Crippen LogP contribution in [0.5, 0.6) is 0 Å². The second-order valence-corrected chi connectivity index (χ2v) is 2.77. The Kier molecular flexibility index (Phi) is 6.28. The van der Waals surface area contributed by atoms with Crippen LogP contribution in [0.15, 0.2) is 12.2 Å². The minimum atomic E-state index is 0.947. The number of rotatable bonds is 5. The maximum absolute atomic E-state index is 4.12. The predicted octanol–water partition coefficient (Wildman–Crippen LogP) is 3.05. The highest BCUT2D eigenvalue weighted by Crippen LogP contribution is 2.08. The molecule has 54 valence electrons. The van der Waals surface area contributed by atoms with Crippen LogP contribution in [0.3, 0.4) is 0 Å². The van der Waals surface area contributed by atoms with Crippen molar-refractivity contribution in [3.05, 3.63) is 12.2 Å². The first-order valence-electron chi connectivity index (χ1n) is 3.58. The molecule has 0 unspecified atom stereocenters. The van der Waals surface area contributed by atoms with E-state index in [9.17, 15) is 0 Å². The summed E-state index contributed by atoms with van der Waals surface area (Å²) in [6, 6.07) is 0. The standard InChI is InChI=1S/C8H16S/c1-3-4-5-8(2)6-7-9/h9H,2-7H2,1H3. The fraction of sp³-hybridized carbons (Fsp3) is 0.750. The van der Waals surface area contributed by atoms with E-state index in [1.54, 1.807) is 0 Å². The van der Waals surface area contributed by atoms with Crippen molar-refractivity contribution < 1.29 is 0 Å². The van der Waals surface area contributed by atoms with Crippen LogP contribution in [-0.2, 0) is 0 Å². The summed E-state index contributed by atoms with van der Waals surface area (Å²) in [4.78, 5) is 0. The summed E-state index contributed by atoms with van der Waals surface area (Å²) >= 11 is 4.12. The van der Waals surface area contributed by atoms with E-state index in [4.69, 9.17) is 0 Å². The molecule has 0 saturated carbocycles. The molecule has 0 radical (unpaired) electrons. The maximum atomic E-state index is 4.12. The van der Waals surface area contributed by atoms with Gasteiger partial charge in [0.15, 0.2) is 0 Å². The molecule has 0 spiro atoms. The van der Waals surface area contributed by atoms with E-state index >= 15 is 0 Å². The second-order valence-electron chi connectivity index (χ2n) is 2.33. The first-order chi connectivity index (χ1) is 4.31. The molecule has 0 heterocycles. The Morgan fingerprint density at radius 3 is 2.56 bits per heavy atom. The highest BCUT2D eigenvalue weighted by atomic mass is 32.1. The molecule has 0 N–H and O–H groups in total. The summed E-state index contributed by atoms with van der Waals surface area (Å²) in [5.41, 5.74) is 1.35. The minimum Gasteiger partial charge on any atom is -0.179 e. The third kappa shape index (κ3) is 5.97. The van der Waals surface area contributed by atoms with Gasteiger partial charge >= 0.3 is 0 Å². The smallest absolute Gasteiger partial charge is 0.00607 e. The minimum absolute atomic E-state index is 0.947. The molecule has 0 aliphatic rings. The normalized spacial score (nSPS) is 9.56. The van der Waals surface area contributed by atoms with Gasteiger partial charge in [-0.15, -0.1) is 0 Å². The van der Waals surface area contributed by atoms with Gasteiger partial charge in [0.25, 0.3) is 0 Å². The van der Waals surface area contributed by atoms with Crippen molar-refractivity contribution in [2.45, 2.75) is 32.6 Å². The summed E-state index contributed by atoms with van der Waals surface area (Å²) in [6.45, 7) is 6.14. The largest absolute Gasteiger partial charge is 0.179 e. The lowest BCUT2D eigenvalue weighted by molar-refractivity contribution is 0.771. The number of hydrogen-bond donors (Lipinski definition) is 1. The fourth-order valence-electron chi connectivity index (χ4n) is 0.710. The van der Waals surface area contributed by atoms with Crippen LogP contribution in [0.4, 0.5) is 0 Å². The second kappa shape index (κ2) is 6.21. The van der Waals surface area contributed by atoms with Crippen molar-refractivity contribution in [2.75, 3.05) is 5.75 Å². The summed E-state index contributed by atoms with van der Waals surface area (Å²) in [5.74, 6) is 0.947. The Morgan fingerprint density at radius 1 is 1.44 bits per heavy atom. The van der Waals surface area contributed by atoms with Crippen LogP contribution in [0.25, 0.3) is 0 Å². The Balaban J connectivity index is 3.06. The quantitative estimate of drug-likeness (QED) is 0.445. The van der Waals surface area contributed by atoms with Gasteiger partial charge in [0.05, 0.1) is 0 Å². The fourth-order valence-corrected chi connectivity index (χ4v) is 1.03.